The van der Waals surface area contributed by atoms with Crippen molar-refractivity contribution in [3.05, 3.63) is 71.4 Å². The van der Waals surface area contributed by atoms with Crippen molar-refractivity contribution in [2.24, 2.45) is 0 Å². The summed E-state index contributed by atoms with van der Waals surface area (Å²) in [5.74, 6) is 0.0126. The molecule has 27 heavy (non-hydrogen) atoms. The Balaban J connectivity index is 1.36. The third-order valence-electron chi connectivity index (χ3n) is 4.11. The number of carbonyl (C=O) groups excluding carboxylic acids is 1. The van der Waals surface area contributed by atoms with Crippen LogP contribution in [0.4, 0.5) is 0 Å². The molecule has 0 saturated heterocycles. The molecule has 3 rings (SSSR count). The van der Waals surface area contributed by atoms with Crippen LogP contribution in [0, 0.1) is 0 Å². The van der Waals surface area contributed by atoms with Gasteiger partial charge in [-0.25, -0.2) is 4.98 Å². The number of hydrogen-bond acceptors (Lipinski definition) is 5. The van der Waals surface area contributed by atoms with Gasteiger partial charge >= 0.3 is 0 Å². The number of thiazole rings is 1. The number of hydrogen-bond donors (Lipinski definition) is 1. The van der Waals surface area contributed by atoms with E-state index in [9.17, 15) is 4.79 Å². The Morgan fingerprint density at radius 1 is 1.15 bits per heavy atom. The molecule has 0 aliphatic heterocycles. The van der Waals surface area contributed by atoms with Crippen molar-refractivity contribution in [1.82, 2.24) is 20.2 Å². The number of benzene rings is 1. The molecule has 0 radical (unpaired) electrons. The van der Waals surface area contributed by atoms with Crippen molar-refractivity contribution < 1.29 is 4.79 Å². The predicted octanol–water partition coefficient (Wildman–Crippen LogP) is 3.39. The molecule has 0 saturated carbocycles. The molecule has 0 unspecified atom stereocenters. The van der Waals surface area contributed by atoms with Crippen molar-refractivity contribution in [3.8, 4) is 10.7 Å². The van der Waals surface area contributed by atoms with E-state index in [1.165, 1.54) is 16.9 Å². The zero-order chi connectivity index (χ0) is 18.9. The maximum absolute atomic E-state index is 12.1. The number of nitrogens with zero attached hydrogens (tertiary/aromatic N) is 3. The molecular formula is C21H24N4OS. The van der Waals surface area contributed by atoms with Gasteiger partial charge in [0.15, 0.2) is 0 Å². The molecule has 1 amide bonds. The first-order valence-electron chi connectivity index (χ1n) is 9.05. The number of amides is 1. The Labute approximate surface area is 164 Å². The Morgan fingerprint density at radius 2 is 1.96 bits per heavy atom. The Morgan fingerprint density at radius 3 is 2.74 bits per heavy atom. The second kappa shape index (κ2) is 9.94. The Hall–Kier alpha value is -2.57. The summed E-state index contributed by atoms with van der Waals surface area (Å²) < 4.78 is 0. The molecule has 2 heterocycles. The smallest absolute Gasteiger partial charge is 0.226 e. The van der Waals surface area contributed by atoms with Gasteiger partial charge in [0.05, 0.1) is 17.8 Å². The fourth-order valence-electron chi connectivity index (χ4n) is 2.77. The second-order valence-corrected chi connectivity index (χ2v) is 7.32. The molecular weight excluding hydrogens is 356 g/mol. The van der Waals surface area contributed by atoms with E-state index < -0.39 is 0 Å². The standard InChI is InChI=1S/C21H24N4OS/c1-25(15-17-8-3-2-4-9-17)13-7-12-23-20(26)14-18-16-27-21(24-18)19-10-5-6-11-22-19/h2-6,8-11,16H,7,12-15H2,1H3,(H,23,26). The van der Waals surface area contributed by atoms with Crippen LogP contribution in [0.1, 0.15) is 17.7 Å². The first-order chi connectivity index (χ1) is 13.2. The molecule has 0 bridgehead atoms. The highest BCUT2D eigenvalue weighted by Gasteiger charge is 2.09. The molecule has 6 heteroatoms. The fraction of sp³-hybridized carbons (Fsp3) is 0.286. The van der Waals surface area contributed by atoms with Crippen LogP contribution >= 0.6 is 11.3 Å². The lowest BCUT2D eigenvalue weighted by atomic mass is 10.2. The van der Waals surface area contributed by atoms with E-state index in [1.54, 1.807) is 6.20 Å². The summed E-state index contributed by atoms with van der Waals surface area (Å²) in [7, 11) is 2.10. The zero-order valence-corrected chi connectivity index (χ0v) is 16.3. The summed E-state index contributed by atoms with van der Waals surface area (Å²) >= 11 is 1.52. The van der Waals surface area contributed by atoms with E-state index in [2.05, 4.69) is 51.5 Å². The average molecular weight is 381 g/mol. The maximum atomic E-state index is 12.1. The SMILES string of the molecule is CN(CCCNC(=O)Cc1csc(-c2ccccn2)n1)Cc1ccccc1. The van der Waals surface area contributed by atoms with Crippen LogP contribution in [0.5, 0.6) is 0 Å². The lowest BCUT2D eigenvalue weighted by Crippen LogP contribution is -2.29. The zero-order valence-electron chi connectivity index (χ0n) is 15.5. The van der Waals surface area contributed by atoms with Gasteiger partial charge in [-0.05, 0) is 37.7 Å². The maximum Gasteiger partial charge on any atom is 0.226 e. The summed E-state index contributed by atoms with van der Waals surface area (Å²) in [6.45, 7) is 2.54. The lowest BCUT2D eigenvalue weighted by Gasteiger charge is -2.16. The fourth-order valence-corrected chi connectivity index (χ4v) is 3.57. The van der Waals surface area contributed by atoms with Gasteiger partial charge in [0.1, 0.15) is 5.01 Å². The Bertz CT molecular complexity index is 836. The average Bonchev–Trinajstić information content (AvgIpc) is 3.15. The van der Waals surface area contributed by atoms with Crippen molar-refractivity contribution in [3.63, 3.8) is 0 Å². The summed E-state index contributed by atoms with van der Waals surface area (Å²) in [4.78, 5) is 23.2. The largest absolute Gasteiger partial charge is 0.356 e. The van der Waals surface area contributed by atoms with Crippen LogP contribution in [0.15, 0.2) is 60.1 Å². The van der Waals surface area contributed by atoms with Gasteiger partial charge in [0, 0.05) is 24.7 Å². The van der Waals surface area contributed by atoms with Gasteiger partial charge in [-0.2, -0.15) is 0 Å². The minimum absolute atomic E-state index is 0.0126. The van der Waals surface area contributed by atoms with Crippen molar-refractivity contribution in [2.75, 3.05) is 20.1 Å². The van der Waals surface area contributed by atoms with Gasteiger partial charge in [-0.3, -0.25) is 9.78 Å². The van der Waals surface area contributed by atoms with Crippen molar-refractivity contribution in [2.45, 2.75) is 19.4 Å². The molecule has 2 aromatic heterocycles. The first-order valence-corrected chi connectivity index (χ1v) is 9.93. The monoisotopic (exact) mass is 380 g/mol. The van der Waals surface area contributed by atoms with Crippen LogP contribution in [0.3, 0.4) is 0 Å². The van der Waals surface area contributed by atoms with Gasteiger partial charge in [0.25, 0.3) is 0 Å². The highest BCUT2D eigenvalue weighted by Crippen LogP contribution is 2.21. The number of aromatic nitrogens is 2. The summed E-state index contributed by atoms with van der Waals surface area (Å²) in [6, 6.07) is 16.1. The number of pyridine rings is 1. The lowest BCUT2D eigenvalue weighted by molar-refractivity contribution is -0.120. The van der Waals surface area contributed by atoms with Crippen LogP contribution in [0.25, 0.3) is 10.7 Å². The predicted molar refractivity (Wildman–Crippen MR) is 109 cm³/mol. The molecule has 1 aromatic carbocycles. The van der Waals surface area contributed by atoms with E-state index in [4.69, 9.17) is 0 Å². The topological polar surface area (TPSA) is 58.1 Å². The Kier molecular flexibility index (Phi) is 7.07. The molecule has 140 valence electrons. The van der Waals surface area contributed by atoms with E-state index in [-0.39, 0.29) is 5.91 Å². The van der Waals surface area contributed by atoms with Gasteiger partial charge in [0.2, 0.25) is 5.91 Å². The third kappa shape index (κ3) is 6.27. The molecule has 1 N–H and O–H groups in total. The van der Waals surface area contributed by atoms with Crippen LogP contribution in [-0.2, 0) is 17.8 Å². The van der Waals surface area contributed by atoms with E-state index >= 15 is 0 Å². The molecule has 0 aliphatic rings. The summed E-state index contributed by atoms with van der Waals surface area (Å²) in [6.07, 6.45) is 2.98. The first kappa shape index (κ1) is 19.2. The summed E-state index contributed by atoms with van der Waals surface area (Å²) in [5, 5.41) is 5.76. The van der Waals surface area contributed by atoms with E-state index in [0.717, 1.165) is 35.9 Å². The van der Waals surface area contributed by atoms with Gasteiger partial charge in [-0.15, -0.1) is 11.3 Å². The molecule has 0 aliphatic carbocycles. The van der Waals surface area contributed by atoms with E-state index in [1.807, 2.05) is 29.6 Å². The third-order valence-corrected chi connectivity index (χ3v) is 5.03. The minimum Gasteiger partial charge on any atom is -0.356 e. The minimum atomic E-state index is 0.0126. The molecule has 0 fully saturated rings. The second-order valence-electron chi connectivity index (χ2n) is 6.46. The van der Waals surface area contributed by atoms with Crippen LogP contribution in [0.2, 0.25) is 0 Å². The van der Waals surface area contributed by atoms with E-state index in [0.29, 0.717) is 13.0 Å². The number of rotatable bonds is 9. The van der Waals surface area contributed by atoms with Gasteiger partial charge in [-0.1, -0.05) is 36.4 Å². The molecule has 0 atom stereocenters. The van der Waals surface area contributed by atoms with Crippen LogP contribution < -0.4 is 5.32 Å². The number of nitrogens with one attached hydrogen (secondary N) is 1. The molecule has 0 spiro atoms. The quantitative estimate of drug-likeness (QED) is 0.578. The highest BCUT2D eigenvalue weighted by atomic mass is 32.1. The highest BCUT2D eigenvalue weighted by molar-refractivity contribution is 7.13. The normalized spacial score (nSPS) is 10.9. The summed E-state index contributed by atoms with van der Waals surface area (Å²) in [5.41, 5.74) is 2.94. The molecule has 3 aromatic rings. The van der Waals surface area contributed by atoms with Crippen LogP contribution in [-0.4, -0.2) is 40.9 Å². The van der Waals surface area contributed by atoms with Gasteiger partial charge < -0.3 is 10.2 Å². The molecule has 5 nitrogen and oxygen atoms in total. The van der Waals surface area contributed by atoms with Crippen molar-refractivity contribution in [1.29, 1.82) is 0 Å². The number of carbonyl (C=O) groups is 1. The van der Waals surface area contributed by atoms with Crippen molar-refractivity contribution >= 4 is 17.2 Å².